The van der Waals surface area contributed by atoms with Gasteiger partial charge in [0.25, 0.3) is 0 Å². The second-order valence-electron chi connectivity index (χ2n) is 26.6. The van der Waals surface area contributed by atoms with Crippen molar-refractivity contribution in [1.82, 2.24) is 20.4 Å². The van der Waals surface area contributed by atoms with Gasteiger partial charge in [0, 0.05) is 51.1 Å². The quantitative estimate of drug-likeness (QED) is 0.0344. The molecule has 0 aliphatic rings. The van der Waals surface area contributed by atoms with Gasteiger partial charge in [-0.25, -0.2) is 14.4 Å². The Hall–Kier alpha value is -11.7. The molecule has 2 heterocycles. The standard InChI is InChI=1S/C21H20O2.3C21H18O2.2C5H8N2.2Fe.3H2O/c4*1-14-6-10-16(11-7-14)18-4-3-5-19(20(18)21(22)23)17-12-8-15(2)9-13-17;2*1-4-3-5(2)7-6-4;;;;;/h3-13,21-23H,1-2H3;3*3-13H,1-2H3,(H,22,23);2*3H,1-2H3,(H,6,7);;;3*1H2/p+1. The van der Waals surface area contributed by atoms with Crippen molar-refractivity contribution in [3.63, 3.8) is 0 Å². The first-order valence-electron chi connectivity index (χ1n) is 34.9. The van der Waals surface area contributed by atoms with Crippen molar-refractivity contribution in [2.45, 2.75) is 89.4 Å². The summed E-state index contributed by atoms with van der Waals surface area (Å²) in [6.45, 7) is 24.1. The van der Waals surface area contributed by atoms with Crippen LogP contribution in [0.4, 0.5) is 0 Å². The Bertz CT molecular complexity index is 4600. The molecule has 574 valence electrons. The van der Waals surface area contributed by atoms with E-state index in [0.29, 0.717) is 22.3 Å². The monoisotopic (exact) mass is 1570 g/mol. The number of hydrogen-bond donors (Lipinski definition) is 7. The van der Waals surface area contributed by atoms with E-state index in [1.54, 1.807) is 0 Å². The first-order chi connectivity index (χ1) is 50.8. The van der Waals surface area contributed by atoms with E-state index in [0.717, 1.165) is 145 Å². The molecular formula is C94H97Fe2N4O11+. The molecule has 12 aromatic carbocycles. The minimum Gasteiger partial charge on any atom is -0.478 e. The molecule has 0 amide bonds. The first kappa shape index (κ1) is 91.7. The van der Waals surface area contributed by atoms with Gasteiger partial charge in [-0.05, 0) is 184 Å². The van der Waals surface area contributed by atoms with Crippen molar-refractivity contribution in [1.29, 1.82) is 0 Å². The molecule has 0 aliphatic heterocycles. The number of aromatic amines is 2. The number of aliphatic hydroxyl groups is 2. The van der Waals surface area contributed by atoms with Gasteiger partial charge in [-0.2, -0.15) is 10.2 Å². The number of benzene rings is 12. The molecule has 0 saturated heterocycles. The van der Waals surface area contributed by atoms with Crippen LogP contribution >= 0.6 is 0 Å². The number of hydrogen-bond acceptors (Lipinski definition) is 7. The van der Waals surface area contributed by atoms with Gasteiger partial charge in [-0.1, -0.05) is 311 Å². The van der Waals surface area contributed by atoms with Gasteiger partial charge >= 0.3 is 17.9 Å². The number of aryl methyl sites for hydroxylation is 12. The fraction of sp³-hybridized carbons (Fsp3) is 0.138. The van der Waals surface area contributed by atoms with Crippen LogP contribution in [0.3, 0.4) is 0 Å². The molecule has 0 unspecified atom stereocenters. The Balaban J connectivity index is 0.000000290. The van der Waals surface area contributed by atoms with Crippen molar-refractivity contribution in [2.75, 3.05) is 0 Å². The smallest absolute Gasteiger partial charge is 0.336 e. The van der Waals surface area contributed by atoms with E-state index in [2.05, 4.69) is 20.4 Å². The van der Waals surface area contributed by atoms with Crippen molar-refractivity contribution < 1.29 is 90.5 Å². The predicted octanol–water partition coefficient (Wildman–Crippen LogP) is 20.1. The number of nitrogens with zero attached hydrogens (tertiary/aromatic N) is 2. The van der Waals surface area contributed by atoms with Crippen molar-refractivity contribution in [3.8, 4) is 89.0 Å². The van der Waals surface area contributed by atoms with E-state index >= 15 is 0 Å². The molecule has 0 radical (unpaired) electrons. The summed E-state index contributed by atoms with van der Waals surface area (Å²) in [5, 5.41) is 62.7. The number of aliphatic hydroxyl groups excluding tert-OH is 1. The van der Waals surface area contributed by atoms with Crippen LogP contribution in [0.15, 0.2) is 279 Å². The summed E-state index contributed by atoms with van der Waals surface area (Å²) in [6.07, 6.45) is -1.52. The fourth-order valence-corrected chi connectivity index (χ4v) is 12.1. The van der Waals surface area contributed by atoms with Gasteiger partial charge in [0.2, 0.25) is 0 Å². The van der Waals surface area contributed by atoms with Crippen LogP contribution in [0.5, 0.6) is 0 Å². The van der Waals surface area contributed by atoms with Gasteiger partial charge < -0.3 is 42.0 Å². The zero-order valence-corrected chi connectivity index (χ0v) is 66.5. The average molecular weight is 1570 g/mol. The van der Waals surface area contributed by atoms with E-state index < -0.39 is 24.2 Å². The molecule has 14 aromatic rings. The van der Waals surface area contributed by atoms with Crippen LogP contribution in [0.2, 0.25) is 0 Å². The van der Waals surface area contributed by atoms with Crippen molar-refractivity contribution in [3.05, 3.63) is 369 Å². The zero-order valence-electron chi connectivity index (χ0n) is 64.3. The minimum absolute atomic E-state index is 0. The Morgan fingerprint density at radius 3 is 0.541 bits per heavy atom. The summed E-state index contributed by atoms with van der Waals surface area (Å²) in [6, 6.07) is 90.5. The van der Waals surface area contributed by atoms with E-state index in [1.807, 2.05) is 362 Å². The number of aromatic carboxylic acids is 3. The Morgan fingerprint density at radius 2 is 0.423 bits per heavy atom. The third-order valence-electron chi connectivity index (χ3n) is 17.8. The number of carboxylic acid groups (broad SMARTS) is 3. The molecule has 111 heavy (non-hydrogen) atoms. The summed E-state index contributed by atoms with van der Waals surface area (Å²) in [5.41, 5.74) is 28.8. The fourth-order valence-electron chi connectivity index (χ4n) is 12.1. The van der Waals surface area contributed by atoms with Crippen LogP contribution in [-0.2, 0) is 39.6 Å². The maximum absolute atomic E-state index is 11.9. The van der Waals surface area contributed by atoms with Crippen molar-refractivity contribution in [2.24, 2.45) is 0 Å². The van der Waals surface area contributed by atoms with Gasteiger partial charge in [0.05, 0.1) is 28.1 Å². The van der Waals surface area contributed by atoms with E-state index in [1.165, 1.54) is 11.1 Å². The average Bonchev–Trinajstić information content (AvgIpc) is 1.39. The van der Waals surface area contributed by atoms with Crippen LogP contribution < -0.4 is 0 Å². The minimum atomic E-state index is -1.52. The summed E-state index contributed by atoms with van der Waals surface area (Å²) in [4.78, 5) is 35.8. The maximum Gasteiger partial charge on any atom is 0.336 e. The van der Waals surface area contributed by atoms with Gasteiger partial charge in [0.15, 0.2) is 6.29 Å². The predicted molar refractivity (Wildman–Crippen MR) is 443 cm³/mol. The molecule has 0 saturated carbocycles. The van der Waals surface area contributed by atoms with E-state index in [4.69, 9.17) is 0 Å². The molecule has 0 aliphatic carbocycles. The number of carboxylic acids is 3. The summed E-state index contributed by atoms with van der Waals surface area (Å²) < 4.78 is 0. The zero-order chi connectivity index (χ0) is 76.1. The van der Waals surface area contributed by atoms with Crippen LogP contribution in [-0.4, -0.2) is 74.8 Å². The number of H-pyrrole nitrogens is 2. The largest absolute Gasteiger partial charge is 0.478 e. The number of aromatic nitrogens is 4. The number of carbonyl (C=O) groups is 3. The Labute approximate surface area is 671 Å². The van der Waals surface area contributed by atoms with Gasteiger partial charge in [-0.15, -0.1) is 0 Å². The number of nitrogens with one attached hydrogen (secondary N) is 2. The van der Waals surface area contributed by atoms with E-state index in [9.17, 15) is 39.9 Å². The second-order valence-corrected chi connectivity index (χ2v) is 26.6. The Morgan fingerprint density at radius 1 is 0.270 bits per heavy atom. The third-order valence-corrected chi connectivity index (χ3v) is 17.8. The summed E-state index contributed by atoms with van der Waals surface area (Å²) in [5.74, 6) is -2.72. The molecule has 0 atom stereocenters. The Kier molecular flexibility index (Phi) is 35.9. The van der Waals surface area contributed by atoms with Crippen molar-refractivity contribution >= 4 is 17.9 Å². The maximum atomic E-state index is 11.9. The first-order valence-corrected chi connectivity index (χ1v) is 34.9. The molecule has 0 fully saturated rings. The number of rotatable bonds is 12. The SMILES string of the molecule is Cc1cc(C)[nH]n1.Cc1cc(C)[nH]n1.Cc1ccc(-c2cccc(-c3ccc(C)cc3)c2C(=O)O)cc1.Cc1ccc(-c2cccc(-c3ccc(C)cc3)c2C(=O)O)cc1.Cc1ccc(-c2cccc(-c3ccc(C)cc3)c2C(=O)O)cc1.Cc1ccc(-c2cccc(-c3ccc(C)cc3)c2C(O)O)cc1.O.O.[Fe].[Fe].[OH3+]. The summed E-state index contributed by atoms with van der Waals surface area (Å²) >= 11 is 0. The molecule has 14 N–H and O–H groups in total. The van der Waals surface area contributed by atoms with Gasteiger partial charge in [-0.3, -0.25) is 10.2 Å². The molecule has 15 nitrogen and oxygen atoms in total. The van der Waals surface area contributed by atoms with Crippen LogP contribution in [0, 0.1) is 83.1 Å². The van der Waals surface area contributed by atoms with Crippen LogP contribution in [0.1, 0.15) is 110 Å². The van der Waals surface area contributed by atoms with E-state index in [-0.39, 0.29) is 50.6 Å². The molecular weight excluding hydrogens is 1470 g/mol. The molecule has 0 spiro atoms. The van der Waals surface area contributed by atoms with Gasteiger partial charge in [0.1, 0.15) is 0 Å². The van der Waals surface area contributed by atoms with Crippen LogP contribution in [0.25, 0.3) is 89.0 Å². The molecule has 0 bridgehead atoms. The molecule has 14 rings (SSSR count). The topological polar surface area (TPSA) is 306 Å². The second kappa shape index (κ2) is 43.5. The normalized spacial score (nSPS) is 10.0. The summed E-state index contributed by atoms with van der Waals surface area (Å²) in [7, 11) is 0. The molecule has 17 heteroatoms. The molecule has 2 aromatic heterocycles. The third kappa shape index (κ3) is 25.2.